The van der Waals surface area contributed by atoms with Gasteiger partial charge >= 0.3 is 6.18 Å². The molecule has 0 fully saturated rings. The molecular weight excluding hydrogens is 262 g/mol. The number of benzene rings is 1. The van der Waals surface area contributed by atoms with E-state index in [1.807, 2.05) is 0 Å². The van der Waals surface area contributed by atoms with Crippen molar-refractivity contribution in [1.29, 1.82) is 0 Å². The van der Waals surface area contributed by atoms with Crippen LogP contribution in [0.25, 0.3) is 5.69 Å². The highest BCUT2D eigenvalue weighted by Gasteiger charge is 2.31. The molecule has 0 unspecified atom stereocenters. The van der Waals surface area contributed by atoms with Crippen molar-refractivity contribution in [2.75, 3.05) is 0 Å². The van der Waals surface area contributed by atoms with E-state index in [1.54, 1.807) is 6.92 Å². The van der Waals surface area contributed by atoms with Gasteiger partial charge in [-0.2, -0.15) is 13.2 Å². The topological polar surface area (TPSA) is 43.8 Å². The molecule has 7 heteroatoms. The molecule has 0 aliphatic rings. The van der Waals surface area contributed by atoms with Gasteiger partial charge in [-0.3, -0.25) is 4.57 Å². The van der Waals surface area contributed by atoms with Crippen LogP contribution in [0.2, 0.25) is 0 Å². The van der Waals surface area contributed by atoms with E-state index in [1.165, 1.54) is 17.1 Å². The van der Waals surface area contributed by atoms with Crippen LogP contribution in [0.5, 0.6) is 0 Å². The van der Waals surface area contributed by atoms with Crippen molar-refractivity contribution in [2.45, 2.75) is 19.1 Å². The van der Waals surface area contributed by atoms with Crippen molar-refractivity contribution in [3.8, 4) is 5.69 Å². The van der Waals surface area contributed by atoms with Gasteiger partial charge in [-0.15, -0.1) is 0 Å². The van der Waals surface area contributed by atoms with Crippen LogP contribution >= 0.6 is 0 Å². The van der Waals surface area contributed by atoms with E-state index >= 15 is 0 Å². The highest BCUT2D eigenvalue weighted by atomic mass is 19.4. The molecule has 1 heterocycles. The molecule has 0 spiro atoms. The molecule has 2 N–H and O–H groups in total. The third-order valence-corrected chi connectivity index (χ3v) is 2.67. The van der Waals surface area contributed by atoms with E-state index in [9.17, 15) is 17.6 Å². The fourth-order valence-corrected chi connectivity index (χ4v) is 1.72. The van der Waals surface area contributed by atoms with E-state index in [0.717, 1.165) is 12.1 Å². The summed E-state index contributed by atoms with van der Waals surface area (Å²) in [5, 5.41) is 0. The van der Waals surface area contributed by atoms with E-state index in [-0.39, 0.29) is 5.69 Å². The highest BCUT2D eigenvalue weighted by Crippen LogP contribution is 2.31. The van der Waals surface area contributed by atoms with Crippen LogP contribution in [0.15, 0.2) is 30.7 Å². The fourth-order valence-electron chi connectivity index (χ4n) is 1.72. The molecule has 0 bridgehead atoms. The third kappa shape index (κ3) is 2.60. The second-order valence-corrected chi connectivity index (χ2v) is 4.14. The van der Waals surface area contributed by atoms with Crippen LogP contribution in [-0.4, -0.2) is 9.55 Å². The molecule has 0 aliphatic heterocycles. The Morgan fingerprint density at radius 3 is 2.58 bits per heavy atom. The van der Waals surface area contributed by atoms with Crippen molar-refractivity contribution >= 4 is 0 Å². The summed E-state index contributed by atoms with van der Waals surface area (Å²) in [7, 11) is 0. The minimum absolute atomic E-state index is 0.223. The molecule has 19 heavy (non-hydrogen) atoms. The predicted molar refractivity (Wildman–Crippen MR) is 61.1 cm³/mol. The summed E-state index contributed by atoms with van der Waals surface area (Å²) >= 11 is 0. The number of nitrogens with two attached hydrogens (primary N) is 1. The first-order chi connectivity index (χ1) is 8.80. The van der Waals surface area contributed by atoms with Crippen molar-refractivity contribution < 1.29 is 17.6 Å². The zero-order valence-electron chi connectivity index (χ0n) is 9.95. The predicted octanol–water partition coefficient (Wildman–Crippen LogP) is 3.05. The smallest absolute Gasteiger partial charge is 0.323 e. The van der Waals surface area contributed by atoms with Gasteiger partial charge in [-0.05, 0) is 25.1 Å². The Balaban J connectivity index is 2.58. The first-order valence-corrected chi connectivity index (χ1v) is 5.45. The third-order valence-electron chi connectivity index (χ3n) is 2.67. The van der Waals surface area contributed by atoms with E-state index in [4.69, 9.17) is 5.73 Å². The van der Waals surface area contributed by atoms with E-state index in [0.29, 0.717) is 11.8 Å². The average Bonchev–Trinajstić information content (AvgIpc) is 2.76. The Kier molecular flexibility index (Phi) is 3.32. The molecule has 2 aromatic rings. The van der Waals surface area contributed by atoms with Crippen LogP contribution in [0, 0.1) is 5.82 Å². The largest absolute Gasteiger partial charge is 0.416 e. The van der Waals surface area contributed by atoms with Gasteiger partial charge in [0.05, 0.1) is 29.5 Å². The minimum atomic E-state index is -4.53. The van der Waals surface area contributed by atoms with Crippen molar-refractivity contribution in [3.63, 3.8) is 0 Å². The monoisotopic (exact) mass is 273 g/mol. The van der Waals surface area contributed by atoms with Gasteiger partial charge in [0.15, 0.2) is 0 Å². The summed E-state index contributed by atoms with van der Waals surface area (Å²) in [5.41, 5.74) is 4.95. The number of nitrogens with zero attached hydrogens (tertiary/aromatic N) is 2. The van der Waals surface area contributed by atoms with Gasteiger partial charge < -0.3 is 5.73 Å². The van der Waals surface area contributed by atoms with E-state index in [2.05, 4.69) is 4.98 Å². The first kappa shape index (κ1) is 13.5. The average molecular weight is 273 g/mol. The van der Waals surface area contributed by atoms with Crippen molar-refractivity contribution in [3.05, 3.63) is 47.8 Å². The summed E-state index contributed by atoms with van der Waals surface area (Å²) in [6, 6.07) is 1.74. The zero-order chi connectivity index (χ0) is 14.2. The molecule has 0 amide bonds. The maximum absolute atomic E-state index is 13.7. The van der Waals surface area contributed by atoms with Gasteiger partial charge in [0.25, 0.3) is 0 Å². The number of hydrogen-bond donors (Lipinski definition) is 1. The van der Waals surface area contributed by atoms with Gasteiger partial charge in [0.2, 0.25) is 0 Å². The SMILES string of the molecule is C[C@H](N)c1cncn1-c1cc(C(F)(F)F)ccc1F. The number of halogens is 4. The highest BCUT2D eigenvalue weighted by molar-refractivity contribution is 5.40. The Bertz CT molecular complexity index is 587. The summed E-state index contributed by atoms with van der Waals surface area (Å²) in [6.07, 6.45) is -1.90. The summed E-state index contributed by atoms with van der Waals surface area (Å²) < 4.78 is 52.8. The first-order valence-electron chi connectivity index (χ1n) is 5.45. The molecule has 102 valence electrons. The molecule has 2 rings (SSSR count). The zero-order valence-corrected chi connectivity index (χ0v) is 9.95. The molecule has 1 aromatic heterocycles. The molecular formula is C12H11F4N3. The quantitative estimate of drug-likeness (QED) is 0.855. The van der Waals surface area contributed by atoms with Crippen molar-refractivity contribution in [1.82, 2.24) is 9.55 Å². The minimum Gasteiger partial charge on any atom is -0.323 e. The number of hydrogen-bond acceptors (Lipinski definition) is 2. The lowest BCUT2D eigenvalue weighted by atomic mass is 10.1. The molecule has 0 saturated carbocycles. The number of rotatable bonds is 2. The molecule has 0 radical (unpaired) electrons. The fraction of sp³-hybridized carbons (Fsp3) is 0.250. The van der Waals surface area contributed by atoms with Gasteiger partial charge in [-0.1, -0.05) is 0 Å². The second kappa shape index (κ2) is 4.65. The van der Waals surface area contributed by atoms with Gasteiger partial charge in [-0.25, -0.2) is 9.37 Å². The molecule has 3 nitrogen and oxygen atoms in total. The Morgan fingerprint density at radius 1 is 1.32 bits per heavy atom. The van der Waals surface area contributed by atoms with Crippen molar-refractivity contribution in [2.24, 2.45) is 5.73 Å². The Labute approximate surface area is 106 Å². The van der Waals surface area contributed by atoms with Gasteiger partial charge in [0, 0.05) is 6.04 Å². The number of imidazole rings is 1. The number of aromatic nitrogens is 2. The standard InChI is InChI=1S/C12H11F4N3/c1-7(17)11-5-18-6-19(11)10-4-8(12(14,15)16)2-3-9(10)13/h2-7H,17H2,1H3/t7-/m0/s1. The van der Waals surface area contributed by atoms with Crippen LogP contribution in [-0.2, 0) is 6.18 Å². The lowest BCUT2D eigenvalue weighted by Crippen LogP contribution is -2.13. The van der Waals surface area contributed by atoms with Crippen LogP contribution in [0.4, 0.5) is 17.6 Å². The summed E-state index contributed by atoms with van der Waals surface area (Å²) in [6.45, 7) is 1.64. The molecule has 1 aromatic carbocycles. The maximum atomic E-state index is 13.7. The van der Waals surface area contributed by atoms with Crippen LogP contribution < -0.4 is 5.73 Å². The lowest BCUT2D eigenvalue weighted by molar-refractivity contribution is -0.137. The Hall–Kier alpha value is -1.89. The second-order valence-electron chi connectivity index (χ2n) is 4.14. The van der Waals surface area contributed by atoms with Crippen LogP contribution in [0.1, 0.15) is 24.2 Å². The Morgan fingerprint density at radius 2 is 2.00 bits per heavy atom. The molecule has 0 aliphatic carbocycles. The normalized spacial score (nSPS) is 13.6. The van der Waals surface area contributed by atoms with Crippen LogP contribution in [0.3, 0.4) is 0 Å². The summed E-state index contributed by atoms with van der Waals surface area (Å²) in [4.78, 5) is 3.79. The number of alkyl halides is 3. The molecule has 0 saturated heterocycles. The van der Waals surface area contributed by atoms with E-state index < -0.39 is 23.6 Å². The molecule has 1 atom stereocenters. The lowest BCUT2D eigenvalue weighted by Gasteiger charge is -2.14. The maximum Gasteiger partial charge on any atom is 0.416 e. The van der Waals surface area contributed by atoms with Gasteiger partial charge in [0.1, 0.15) is 5.82 Å². The summed E-state index contributed by atoms with van der Waals surface area (Å²) in [5.74, 6) is -0.770.